The number of Topliss-reactive ketones (excluding diaryl/α,β-unsaturated/α-hetero) is 1. The average molecular weight is 274 g/mol. The lowest BCUT2D eigenvalue weighted by atomic mass is 9.93. The third-order valence-corrected chi connectivity index (χ3v) is 3.42. The number of rotatable bonds is 5. The number of carbonyl (C=O) groups excluding carboxylic acids is 1. The van der Waals surface area contributed by atoms with Gasteiger partial charge >= 0.3 is 0 Å². The third kappa shape index (κ3) is 3.70. The van der Waals surface area contributed by atoms with Crippen molar-refractivity contribution in [2.75, 3.05) is 6.54 Å². The molecule has 0 aliphatic rings. The quantitative estimate of drug-likeness (QED) is 0.890. The Labute approximate surface area is 112 Å². The topological polar surface area (TPSA) is 29.1 Å². The molecule has 0 amide bonds. The summed E-state index contributed by atoms with van der Waals surface area (Å²) in [6.45, 7) is 6.44. The highest BCUT2D eigenvalue weighted by Crippen LogP contribution is 2.26. The van der Waals surface area contributed by atoms with Crippen LogP contribution in [0, 0.1) is 0 Å². The van der Waals surface area contributed by atoms with Gasteiger partial charge in [0.1, 0.15) is 0 Å². The first-order valence-corrected chi connectivity index (χ1v) is 6.35. The first-order valence-electron chi connectivity index (χ1n) is 5.59. The SMILES string of the molecule is CCNC(C)(C)C(=O)Cc1c(Cl)cccc1Cl. The zero-order valence-electron chi connectivity index (χ0n) is 10.3. The second-order valence-corrected chi connectivity index (χ2v) is 5.27. The predicted octanol–water partition coefficient (Wildman–Crippen LogP) is 3.49. The Morgan fingerprint density at radius 3 is 2.29 bits per heavy atom. The Morgan fingerprint density at radius 1 is 1.29 bits per heavy atom. The largest absolute Gasteiger partial charge is 0.306 e. The van der Waals surface area contributed by atoms with E-state index in [0.29, 0.717) is 15.6 Å². The Morgan fingerprint density at radius 2 is 1.82 bits per heavy atom. The van der Waals surface area contributed by atoms with E-state index in [0.717, 1.165) is 6.54 Å². The summed E-state index contributed by atoms with van der Waals surface area (Å²) in [4.78, 5) is 12.1. The number of carbonyl (C=O) groups is 1. The van der Waals surface area contributed by atoms with Crippen LogP contribution in [0.2, 0.25) is 10.0 Å². The van der Waals surface area contributed by atoms with Crippen molar-refractivity contribution in [3.05, 3.63) is 33.8 Å². The Kier molecular flexibility index (Phi) is 4.99. The highest BCUT2D eigenvalue weighted by Gasteiger charge is 2.27. The van der Waals surface area contributed by atoms with Gasteiger partial charge in [-0.1, -0.05) is 36.2 Å². The molecule has 2 nitrogen and oxygen atoms in total. The van der Waals surface area contributed by atoms with Crippen molar-refractivity contribution in [1.82, 2.24) is 5.32 Å². The molecule has 0 unspecified atom stereocenters. The van der Waals surface area contributed by atoms with Crippen molar-refractivity contribution in [3.63, 3.8) is 0 Å². The van der Waals surface area contributed by atoms with Crippen LogP contribution in [0.1, 0.15) is 26.3 Å². The number of likely N-dealkylation sites (N-methyl/N-ethyl adjacent to an activating group) is 1. The van der Waals surface area contributed by atoms with Crippen molar-refractivity contribution in [3.8, 4) is 0 Å². The van der Waals surface area contributed by atoms with Gasteiger partial charge < -0.3 is 5.32 Å². The number of nitrogens with one attached hydrogen (secondary N) is 1. The third-order valence-electron chi connectivity index (χ3n) is 2.71. The summed E-state index contributed by atoms with van der Waals surface area (Å²) >= 11 is 12.1. The maximum Gasteiger partial charge on any atom is 0.156 e. The van der Waals surface area contributed by atoms with E-state index >= 15 is 0 Å². The lowest BCUT2D eigenvalue weighted by molar-refractivity contribution is -0.123. The minimum atomic E-state index is -0.558. The fraction of sp³-hybridized carbons (Fsp3) is 0.462. The molecule has 0 atom stereocenters. The van der Waals surface area contributed by atoms with Crippen LogP contribution < -0.4 is 5.32 Å². The minimum absolute atomic E-state index is 0.0781. The van der Waals surface area contributed by atoms with Crippen molar-refractivity contribution in [1.29, 1.82) is 0 Å². The van der Waals surface area contributed by atoms with Gasteiger partial charge in [0.2, 0.25) is 0 Å². The van der Waals surface area contributed by atoms with Crippen LogP contribution in [0.15, 0.2) is 18.2 Å². The summed E-state index contributed by atoms with van der Waals surface area (Å²) in [6.07, 6.45) is 0.249. The van der Waals surface area contributed by atoms with E-state index in [-0.39, 0.29) is 12.2 Å². The summed E-state index contributed by atoms with van der Waals surface area (Å²) in [5.74, 6) is 0.0781. The van der Waals surface area contributed by atoms with Crippen molar-refractivity contribution in [2.45, 2.75) is 32.7 Å². The molecule has 0 heterocycles. The summed E-state index contributed by atoms with van der Waals surface area (Å²) in [5, 5.41) is 4.23. The molecule has 0 aliphatic heterocycles. The Bertz CT molecular complexity index is 396. The van der Waals surface area contributed by atoms with Crippen LogP contribution in [0.3, 0.4) is 0 Å². The second-order valence-electron chi connectivity index (χ2n) is 4.46. The summed E-state index contributed by atoms with van der Waals surface area (Å²) in [5.41, 5.74) is 0.142. The van der Waals surface area contributed by atoms with Gasteiger partial charge in [0, 0.05) is 16.5 Å². The molecule has 1 N–H and O–H groups in total. The summed E-state index contributed by atoms with van der Waals surface area (Å²) < 4.78 is 0. The van der Waals surface area contributed by atoms with Gasteiger partial charge in [-0.05, 0) is 38.1 Å². The maximum atomic E-state index is 12.1. The molecule has 0 radical (unpaired) electrons. The van der Waals surface area contributed by atoms with Crippen LogP contribution in [0.4, 0.5) is 0 Å². The van der Waals surface area contributed by atoms with E-state index in [2.05, 4.69) is 5.32 Å². The van der Waals surface area contributed by atoms with Gasteiger partial charge in [0.15, 0.2) is 5.78 Å². The fourth-order valence-corrected chi connectivity index (χ4v) is 2.15. The van der Waals surface area contributed by atoms with Crippen LogP contribution >= 0.6 is 23.2 Å². The molecule has 17 heavy (non-hydrogen) atoms. The molecule has 0 aliphatic carbocycles. The lowest BCUT2D eigenvalue weighted by Gasteiger charge is -2.24. The van der Waals surface area contributed by atoms with Gasteiger partial charge in [0.25, 0.3) is 0 Å². The Balaban J connectivity index is 2.88. The second kappa shape index (κ2) is 5.85. The van der Waals surface area contributed by atoms with Gasteiger partial charge in [-0.3, -0.25) is 4.79 Å². The normalized spacial score (nSPS) is 11.6. The molecule has 0 spiro atoms. The lowest BCUT2D eigenvalue weighted by Crippen LogP contribution is -2.47. The monoisotopic (exact) mass is 273 g/mol. The fourth-order valence-electron chi connectivity index (χ4n) is 1.62. The predicted molar refractivity (Wildman–Crippen MR) is 72.9 cm³/mol. The molecule has 94 valence electrons. The zero-order chi connectivity index (χ0) is 13.1. The molecule has 0 fully saturated rings. The summed E-state index contributed by atoms with van der Waals surface area (Å²) in [7, 11) is 0. The number of hydrogen-bond acceptors (Lipinski definition) is 2. The van der Waals surface area contributed by atoms with Crippen molar-refractivity contribution < 1.29 is 4.79 Å². The molecule has 1 rings (SSSR count). The minimum Gasteiger partial charge on any atom is -0.306 e. The molecule has 1 aromatic carbocycles. The van der Waals surface area contributed by atoms with Gasteiger partial charge in [-0.25, -0.2) is 0 Å². The molecular weight excluding hydrogens is 257 g/mol. The van der Waals surface area contributed by atoms with Crippen LogP contribution in [0.5, 0.6) is 0 Å². The molecule has 0 saturated carbocycles. The molecule has 0 saturated heterocycles. The number of benzene rings is 1. The van der Waals surface area contributed by atoms with E-state index in [1.54, 1.807) is 18.2 Å². The molecule has 1 aromatic rings. The van der Waals surface area contributed by atoms with E-state index in [9.17, 15) is 4.79 Å². The number of halogens is 2. The number of ketones is 1. The van der Waals surface area contributed by atoms with E-state index < -0.39 is 5.54 Å². The first-order chi connectivity index (χ1) is 7.88. The van der Waals surface area contributed by atoms with Crippen LogP contribution in [0.25, 0.3) is 0 Å². The molecule has 0 aromatic heterocycles. The number of hydrogen-bond donors (Lipinski definition) is 1. The van der Waals surface area contributed by atoms with Gasteiger partial charge in [0.05, 0.1) is 5.54 Å². The highest BCUT2D eigenvalue weighted by atomic mass is 35.5. The van der Waals surface area contributed by atoms with E-state index in [1.165, 1.54) is 0 Å². The standard InChI is InChI=1S/C13H17Cl2NO/c1-4-16-13(2,3)12(17)8-9-10(14)6-5-7-11(9)15/h5-7,16H,4,8H2,1-3H3. The molecule has 0 bridgehead atoms. The highest BCUT2D eigenvalue weighted by molar-refractivity contribution is 6.36. The van der Waals surface area contributed by atoms with E-state index in [4.69, 9.17) is 23.2 Å². The van der Waals surface area contributed by atoms with Crippen molar-refractivity contribution in [2.24, 2.45) is 0 Å². The Hall–Kier alpha value is -0.570. The zero-order valence-corrected chi connectivity index (χ0v) is 11.8. The van der Waals surface area contributed by atoms with Crippen LogP contribution in [-0.2, 0) is 11.2 Å². The smallest absolute Gasteiger partial charge is 0.156 e. The molecular formula is C13H17Cl2NO. The maximum absolute atomic E-state index is 12.1. The van der Waals surface area contributed by atoms with Gasteiger partial charge in [-0.2, -0.15) is 0 Å². The molecule has 4 heteroatoms. The summed E-state index contributed by atoms with van der Waals surface area (Å²) in [6, 6.07) is 5.26. The van der Waals surface area contributed by atoms with Crippen LogP contribution in [-0.4, -0.2) is 17.9 Å². The average Bonchev–Trinajstić information content (AvgIpc) is 2.23. The van der Waals surface area contributed by atoms with Crippen molar-refractivity contribution >= 4 is 29.0 Å². The van der Waals surface area contributed by atoms with Gasteiger partial charge in [-0.15, -0.1) is 0 Å². The van der Waals surface area contributed by atoms with E-state index in [1.807, 2.05) is 20.8 Å². The first kappa shape index (κ1) is 14.5.